The summed E-state index contributed by atoms with van der Waals surface area (Å²) in [5, 5.41) is -0.0654. The van der Waals surface area contributed by atoms with Crippen LogP contribution >= 0.6 is 12.4 Å². The molecule has 1 saturated carbocycles. The quantitative estimate of drug-likeness (QED) is 0.829. The standard InChI is InChI=1S/C10H20N2O2S.ClH/c1-8(11)9-4-6-12(7-5-9)15(13,14)10-2-3-10;/h8-10H,2-7,11H2,1H3;1H. The Morgan fingerprint density at radius 1 is 1.19 bits per heavy atom. The van der Waals surface area contributed by atoms with Crippen molar-refractivity contribution in [2.24, 2.45) is 11.7 Å². The van der Waals surface area contributed by atoms with Gasteiger partial charge in [0, 0.05) is 19.1 Å². The Hall–Kier alpha value is 0.160. The highest BCUT2D eigenvalue weighted by Crippen LogP contribution is 2.33. The maximum absolute atomic E-state index is 11.9. The van der Waals surface area contributed by atoms with Crippen LogP contribution in [0.3, 0.4) is 0 Å². The second-order valence-electron chi connectivity index (χ2n) is 4.84. The van der Waals surface area contributed by atoms with Gasteiger partial charge in [-0.2, -0.15) is 0 Å². The average Bonchev–Trinajstić information content (AvgIpc) is 3.01. The van der Waals surface area contributed by atoms with E-state index in [1.54, 1.807) is 4.31 Å². The van der Waals surface area contributed by atoms with E-state index < -0.39 is 10.0 Å². The first-order valence-electron chi connectivity index (χ1n) is 5.76. The molecule has 96 valence electrons. The van der Waals surface area contributed by atoms with Gasteiger partial charge in [0.15, 0.2) is 0 Å². The number of sulfonamides is 1. The molecular weight excluding hydrogens is 248 g/mol. The van der Waals surface area contributed by atoms with Gasteiger partial charge in [0.2, 0.25) is 10.0 Å². The lowest BCUT2D eigenvalue weighted by Crippen LogP contribution is -2.43. The third-order valence-corrected chi connectivity index (χ3v) is 5.95. The van der Waals surface area contributed by atoms with E-state index in [4.69, 9.17) is 5.73 Å². The Labute approximate surface area is 104 Å². The van der Waals surface area contributed by atoms with Gasteiger partial charge < -0.3 is 5.73 Å². The summed E-state index contributed by atoms with van der Waals surface area (Å²) in [6.07, 6.45) is 3.55. The summed E-state index contributed by atoms with van der Waals surface area (Å²) in [5.74, 6) is 0.496. The first-order valence-corrected chi connectivity index (χ1v) is 7.26. The van der Waals surface area contributed by atoms with Gasteiger partial charge in [0.1, 0.15) is 0 Å². The van der Waals surface area contributed by atoms with Gasteiger partial charge in [0.25, 0.3) is 0 Å². The average molecular weight is 269 g/mol. The van der Waals surface area contributed by atoms with Crippen LogP contribution < -0.4 is 5.73 Å². The van der Waals surface area contributed by atoms with Crippen LogP contribution in [0.2, 0.25) is 0 Å². The topological polar surface area (TPSA) is 63.4 Å². The summed E-state index contributed by atoms with van der Waals surface area (Å²) in [5.41, 5.74) is 5.83. The Bertz CT molecular complexity index is 320. The fourth-order valence-electron chi connectivity index (χ4n) is 2.23. The summed E-state index contributed by atoms with van der Waals surface area (Å²) in [6.45, 7) is 3.35. The van der Waals surface area contributed by atoms with Crippen LogP contribution in [0.25, 0.3) is 0 Å². The highest BCUT2D eigenvalue weighted by Gasteiger charge is 2.41. The lowest BCUT2D eigenvalue weighted by molar-refractivity contribution is 0.250. The predicted octanol–water partition coefficient (Wildman–Crippen LogP) is 0.960. The van der Waals surface area contributed by atoms with E-state index in [1.807, 2.05) is 6.92 Å². The number of hydrogen-bond acceptors (Lipinski definition) is 3. The molecule has 2 rings (SSSR count). The van der Waals surface area contributed by atoms with E-state index >= 15 is 0 Å². The summed E-state index contributed by atoms with van der Waals surface area (Å²) in [6, 6.07) is 0.191. The lowest BCUT2D eigenvalue weighted by Gasteiger charge is -2.32. The van der Waals surface area contributed by atoms with Gasteiger partial charge >= 0.3 is 0 Å². The number of nitrogens with zero attached hydrogens (tertiary/aromatic N) is 1. The van der Waals surface area contributed by atoms with Gasteiger partial charge in [-0.1, -0.05) is 0 Å². The van der Waals surface area contributed by atoms with E-state index in [0.717, 1.165) is 25.7 Å². The van der Waals surface area contributed by atoms with Crippen LogP contribution in [0.4, 0.5) is 0 Å². The molecule has 0 aromatic carbocycles. The first-order chi connectivity index (χ1) is 7.01. The number of piperidine rings is 1. The van der Waals surface area contributed by atoms with Crippen molar-refractivity contribution in [1.29, 1.82) is 0 Å². The molecule has 16 heavy (non-hydrogen) atoms. The molecule has 0 amide bonds. The predicted molar refractivity (Wildman–Crippen MR) is 67.1 cm³/mol. The molecule has 2 N–H and O–H groups in total. The van der Waals surface area contributed by atoms with Crippen molar-refractivity contribution in [3.8, 4) is 0 Å². The van der Waals surface area contributed by atoms with Crippen LogP contribution in [0, 0.1) is 5.92 Å². The zero-order chi connectivity index (χ0) is 11.1. The highest BCUT2D eigenvalue weighted by molar-refractivity contribution is 7.90. The first kappa shape index (κ1) is 14.2. The van der Waals surface area contributed by atoms with Gasteiger partial charge in [-0.05, 0) is 38.5 Å². The van der Waals surface area contributed by atoms with Gasteiger partial charge in [-0.15, -0.1) is 12.4 Å². The van der Waals surface area contributed by atoms with Crippen molar-refractivity contribution >= 4 is 22.4 Å². The normalized spacial score (nSPS) is 26.1. The summed E-state index contributed by atoms with van der Waals surface area (Å²) in [7, 11) is -2.95. The molecule has 0 bridgehead atoms. The van der Waals surface area contributed by atoms with Crippen LogP contribution in [-0.2, 0) is 10.0 Å². The molecule has 1 aliphatic heterocycles. The highest BCUT2D eigenvalue weighted by atomic mass is 35.5. The summed E-state index contributed by atoms with van der Waals surface area (Å²) >= 11 is 0. The maximum atomic E-state index is 11.9. The Balaban J connectivity index is 0.00000128. The molecule has 0 aromatic rings. The molecule has 1 atom stereocenters. The monoisotopic (exact) mass is 268 g/mol. The molecule has 1 aliphatic carbocycles. The molecule has 6 heteroatoms. The van der Waals surface area contributed by atoms with Gasteiger partial charge in [-0.3, -0.25) is 0 Å². The van der Waals surface area contributed by atoms with Crippen LogP contribution in [0.15, 0.2) is 0 Å². The van der Waals surface area contributed by atoms with Crippen molar-refractivity contribution < 1.29 is 8.42 Å². The van der Waals surface area contributed by atoms with Crippen molar-refractivity contribution in [1.82, 2.24) is 4.31 Å². The summed E-state index contributed by atoms with van der Waals surface area (Å²) < 4.78 is 25.5. The minimum atomic E-state index is -2.95. The van der Waals surface area contributed by atoms with E-state index in [-0.39, 0.29) is 23.7 Å². The second kappa shape index (κ2) is 5.21. The zero-order valence-electron chi connectivity index (χ0n) is 9.63. The van der Waals surface area contributed by atoms with Crippen LogP contribution in [0.1, 0.15) is 32.6 Å². The number of hydrogen-bond donors (Lipinski definition) is 1. The van der Waals surface area contributed by atoms with E-state index in [0.29, 0.717) is 19.0 Å². The molecule has 0 spiro atoms. The third-order valence-electron chi connectivity index (χ3n) is 3.55. The van der Waals surface area contributed by atoms with E-state index in [1.165, 1.54) is 0 Å². The SMILES string of the molecule is CC(N)C1CCN(S(=O)(=O)C2CC2)CC1.Cl. The molecule has 1 saturated heterocycles. The molecule has 4 nitrogen and oxygen atoms in total. The molecular formula is C10H21ClN2O2S. The smallest absolute Gasteiger partial charge is 0.216 e. The molecule has 2 fully saturated rings. The van der Waals surface area contributed by atoms with E-state index in [2.05, 4.69) is 0 Å². The van der Waals surface area contributed by atoms with Crippen molar-refractivity contribution in [2.45, 2.75) is 43.9 Å². The van der Waals surface area contributed by atoms with Crippen molar-refractivity contribution in [3.63, 3.8) is 0 Å². The Morgan fingerprint density at radius 2 is 1.69 bits per heavy atom. The zero-order valence-corrected chi connectivity index (χ0v) is 11.3. The van der Waals surface area contributed by atoms with E-state index in [9.17, 15) is 8.42 Å². The van der Waals surface area contributed by atoms with Crippen LogP contribution in [0.5, 0.6) is 0 Å². The molecule has 0 aromatic heterocycles. The third kappa shape index (κ3) is 2.88. The number of halogens is 1. The minimum Gasteiger partial charge on any atom is -0.328 e. The number of nitrogens with two attached hydrogens (primary N) is 1. The second-order valence-corrected chi connectivity index (χ2v) is 7.05. The molecule has 1 unspecified atom stereocenters. The van der Waals surface area contributed by atoms with Crippen molar-refractivity contribution in [2.75, 3.05) is 13.1 Å². The Morgan fingerprint density at radius 3 is 2.06 bits per heavy atom. The minimum absolute atomic E-state index is 0. The largest absolute Gasteiger partial charge is 0.328 e. The molecule has 1 heterocycles. The fourth-order valence-corrected chi connectivity index (χ4v) is 4.11. The lowest BCUT2D eigenvalue weighted by atomic mass is 9.92. The van der Waals surface area contributed by atoms with Gasteiger partial charge in [0.05, 0.1) is 5.25 Å². The maximum Gasteiger partial charge on any atom is 0.216 e. The van der Waals surface area contributed by atoms with Crippen LogP contribution in [-0.4, -0.2) is 37.1 Å². The number of rotatable bonds is 3. The van der Waals surface area contributed by atoms with Gasteiger partial charge in [-0.25, -0.2) is 12.7 Å². The molecule has 2 aliphatic rings. The summed E-state index contributed by atoms with van der Waals surface area (Å²) in [4.78, 5) is 0. The fraction of sp³-hybridized carbons (Fsp3) is 1.00. The van der Waals surface area contributed by atoms with Crippen molar-refractivity contribution in [3.05, 3.63) is 0 Å². The molecule has 0 radical (unpaired) electrons. The Kier molecular flexibility index (Phi) is 4.63.